The van der Waals surface area contributed by atoms with Crippen LogP contribution < -0.4 is 0 Å². The van der Waals surface area contributed by atoms with Crippen molar-refractivity contribution in [2.45, 2.75) is 59.0 Å². The number of hydrogen-bond acceptors (Lipinski definition) is 3. The molecule has 0 bridgehead atoms. The monoisotopic (exact) mass is 241 g/mol. The Bertz CT molecular complexity index is 245. The molecule has 3 heteroatoms. The minimum absolute atomic E-state index is 0.0727. The lowest BCUT2D eigenvalue weighted by atomic mass is 10.0. The van der Waals surface area contributed by atoms with Gasteiger partial charge in [-0.15, -0.1) is 0 Å². The summed E-state index contributed by atoms with van der Waals surface area (Å²) in [6, 6.07) is 0. The number of likely N-dealkylation sites (tertiary alicyclic amines) is 1. The average Bonchev–Trinajstić information content (AvgIpc) is 2.61. The maximum Gasteiger partial charge on any atom is 0.307 e. The van der Waals surface area contributed by atoms with Crippen molar-refractivity contribution in [1.29, 1.82) is 0 Å². The Morgan fingerprint density at radius 2 is 2.12 bits per heavy atom. The first-order valence-electron chi connectivity index (χ1n) is 6.85. The molecule has 1 aliphatic heterocycles. The molecule has 1 fully saturated rings. The molecule has 0 amide bonds. The third-order valence-electron chi connectivity index (χ3n) is 3.12. The molecule has 1 saturated heterocycles. The summed E-state index contributed by atoms with van der Waals surface area (Å²) in [7, 11) is 0. The third kappa shape index (κ3) is 6.06. The molecule has 0 aromatic heterocycles. The molecular formula is C14H27NO2. The van der Waals surface area contributed by atoms with Gasteiger partial charge in [-0.05, 0) is 46.1 Å². The van der Waals surface area contributed by atoms with Gasteiger partial charge in [-0.3, -0.25) is 4.79 Å². The Morgan fingerprint density at radius 1 is 1.41 bits per heavy atom. The summed E-state index contributed by atoms with van der Waals surface area (Å²) < 4.78 is 5.31. The van der Waals surface area contributed by atoms with Crippen molar-refractivity contribution in [2.24, 2.45) is 5.92 Å². The second-order valence-corrected chi connectivity index (χ2v) is 6.08. The number of ether oxygens (including phenoxy) is 1. The summed E-state index contributed by atoms with van der Waals surface area (Å²) in [5.74, 6) is 0.773. The minimum Gasteiger partial charge on any atom is -0.460 e. The van der Waals surface area contributed by atoms with Crippen LogP contribution in [0.2, 0.25) is 0 Å². The van der Waals surface area contributed by atoms with Gasteiger partial charge in [0.15, 0.2) is 0 Å². The van der Waals surface area contributed by atoms with Gasteiger partial charge in [-0.2, -0.15) is 0 Å². The van der Waals surface area contributed by atoms with Crippen molar-refractivity contribution >= 4 is 5.97 Å². The number of carbonyl (C=O) groups is 1. The summed E-state index contributed by atoms with van der Waals surface area (Å²) >= 11 is 0. The van der Waals surface area contributed by atoms with E-state index < -0.39 is 0 Å². The first-order chi connectivity index (χ1) is 7.90. The smallest absolute Gasteiger partial charge is 0.307 e. The fourth-order valence-corrected chi connectivity index (χ4v) is 2.40. The van der Waals surface area contributed by atoms with E-state index in [1.807, 2.05) is 20.8 Å². The van der Waals surface area contributed by atoms with E-state index in [-0.39, 0.29) is 11.6 Å². The molecule has 1 heterocycles. The van der Waals surface area contributed by atoms with Crippen molar-refractivity contribution in [3.8, 4) is 0 Å². The molecule has 1 rings (SSSR count). The molecule has 100 valence electrons. The Labute approximate surface area is 106 Å². The second kappa shape index (κ2) is 6.39. The fraction of sp³-hybridized carbons (Fsp3) is 0.929. The van der Waals surface area contributed by atoms with E-state index in [0.717, 1.165) is 25.6 Å². The third-order valence-corrected chi connectivity index (χ3v) is 3.12. The Hall–Kier alpha value is -0.570. The standard InChI is InChI=1S/C14H27NO2/c1-5-6-12-7-9-15(11-12)10-8-13(16)17-14(2,3)4/h12H,5-11H2,1-4H3. The number of nitrogens with zero attached hydrogens (tertiary/aromatic N) is 1. The van der Waals surface area contributed by atoms with Crippen LogP contribution in [-0.2, 0) is 9.53 Å². The van der Waals surface area contributed by atoms with E-state index in [2.05, 4.69) is 11.8 Å². The normalized spacial score (nSPS) is 21.8. The molecule has 17 heavy (non-hydrogen) atoms. The Kier molecular flexibility index (Phi) is 5.44. The molecule has 0 saturated carbocycles. The van der Waals surface area contributed by atoms with Crippen LogP contribution in [-0.4, -0.2) is 36.1 Å². The van der Waals surface area contributed by atoms with Gasteiger partial charge < -0.3 is 9.64 Å². The van der Waals surface area contributed by atoms with Crippen LogP contribution in [0.5, 0.6) is 0 Å². The van der Waals surface area contributed by atoms with Crippen LogP contribution in [0.4, 0.5) is 0 Å². The molecule has 3 nitrogen and oxygen atoms in total. The zero-order valence-electron chi connectivity index (χ0n) is 11.8. The van der Waals surface area contributed by atoms with Gasteiger partial charge >= 0.3 is 5.97 Å². The lowest BCUT2D eigenvalue weighted by Crippen LogP contribution is -2.28. The van der Waals surface area contributed by atoms with Gasteiger partial charge in [0.25, 0.3) is 0 Å². The first kappa shape index (κ1) is 14.5. The molecule has 0 aromatic carbocycles. The summed E-state index contributed by atoms with van der Waals surface area (Å²) in [5.41, 5.74) is -0.354. The number of esters is 1. The average molecular weight is 241 g/mol. The maximum atomic E-state index is 11.6. The van der Waals surface area contributed by atoms with Crippen LogP contribution in [0.25, 0.3) is 0 Å². The molecule has 1 atom stereocenters. The van der Waals surface area contributed by atoms with Crippen molar-refractivity contribution in [3.63, 3.8) is 0 Å². The van der Waals surface area contributed by atoms with Crippen LogP contribution in [0.15, 0.2) is 0 Å². The number of carbonyl (C=O) groups excluding carboxylic acids is 1. The number of rotatable bonds is 5. The molecular weight excluding hydrogens is 214 g/mol. The van der Waals surface area contributed by atoms with Crippen LogP contribution in [0.1, 0.15) is 53.4 Å². The van der Waals surface area contributed by atoms with Gasteiger partial charge in [0.1, 0.15) is 5.60 Å². The van der Waals surface area contributed by atoms with E-state index in [0.29, 0.717) is 6.42 Å². The van der Waals surface area contributed by atoms with E-state index in [9.17, 15) is 4.79 Å². The van der Waals surface area contributed by atoms with Crippen LogP contribution >= 0.6 is 0 Å². The zero-order chi connectivity index (χ0) is 12.9. The summed E-state index contributed by atoms with van der Waals surface area (Å²) in [5, 5.41) is 0. The lowest BCUT2D eigenvalue weighted by molar-refractivity contribution is -0.155. The lowest BCUT2D eigenvalue weighted by Gasteiger charge is -2.21. The van der Waals surface area contributed by atoms with Crippen molar-refractivity contribution in [1.82, 2.24) is 4.90 Å². The molecule has 0 radical (unpaired) electrons. The largest absolute Gasteiger partial charge is 0.460 e. The maximum absolute atomic E-state index is 11.6. The highest BCUT2D eigenvalue weighted by Gasteiger charge is 2.23. The molecule has 0 N–H and O–H groups in total. The van der Waals surface area contributed by atoms with Gasteiger partial charge in [-0.25, -0.2) is 0 Å². The highest BCUT2D eigenvalue weighted by atomic mass is 16.6. The predicted octanol–water partition coefficient (Wildman–Crippen LogP) is 2.84. The quantitative estimate of drug-likeness (QED) is 0.693. The topological polar surface area (TPSA) is 29.5 Å². The molecule has 1 unspecified atom stereocenters. The second-order valence-electron chi connectivity index (χ2n) is 6.08. The SMILES string of the molecule is CCCC1CCN(CCC(=O)OC(C)(C)C)C1. The van der Waals surface area contributed by atoms with E-state index in [4.69, 9.17) is 4.74 Å². The minimum atomic E-state index is -0.354. The zero-order valence-corrected chi connectivity index (χ0v) is 11.8. The molecule has 0 aliphatic carbocycles. The van der Waals surface area contributed by atoms with E-state index in [1.54, 1.807) is 0 Å². The highest BCUT2D eigenvalue weighted by Crippen LogP contribution is 2.21. The van der Waals surface area contributed by atoms with Crippen molar-refractivity contribution < 1.29 is 9.53 Å². The van der Waals surface area contributed by atoms with Gasteiger partial charge in [0, 0.05) is 13.1 Å². The Morgan fingerprint density at radius 3 is 2.71 bits per heavy atom. The van der Waals surface area contributed by atoms with Crippen LogP contribution in [0, 0.1) is 5.92 Å². The van der Waals surface area contributed by atoms with Gasteiger partial charge in [-0.1, -0.05) is 13.3 Å². The van der Waals surface area contributed by atoms with Crippen molar-refractivity contribution in [3.05, 3.63) is 0 Å². The number of hydrogen-bond donors (Lipinski definition) is 0. The fourth-order valence-electron chi connectivity index (χ4n) is 2.40. The molecule has 0 aromatic rings. The summed E-state index contributed by atoms with van der Waals surface area (Å²) in [6.45, 7) is 11.1. The van der Waals surface area contributed by atoms with E-state index in [1.165, 1.54) is 19.3 Å². The highest BCUT2D eigenvalue weighted by molar-refractivity contribution is 5.70. The van der Waals surface area contributed by atoms with E-state index >= 15 is 0 Å². The van der Waals surface area contributed by atoms with Gasteiger partial charge in [0.2, 0.25) is 0 Å². The molecule has 0 spiro atoms. The first-order valence-corrected chi connectivity index (χ1v) is 6.85. The van der Waals surface area contributed by atoms with Gasteiger partial charge in [0.05, 0.1) is 6.42 Å². The summed E-state index contributed by atoms with van der Waals surface area (Å²) in [4.78, 5) is 14.0. The van der Waals surface area contributed by atoms with Crippen molar-refractivity contribution in [2.75, 3.05) is 19.6 Å². The van der Waals surface area contributed by atoms with Crippen LogP contribution in [0.3, 0.4) is 0 Å². The summed E-state index contributed by atoms with van der Waals surface area (Å²) in [6.07, 6.45) is 4.41. The Balaban J connectivity index is 2.17. The predicted molar refractivity (Wildman–Crippen MR) is 69.9 cm³/mol. The molecule has 1 aliphatic rings.